The predicted octanol–water partition coefficient (Wildman–Crippen LogP) is 4.91. The molecule has 0 saturated carbocycles. The molecular formula is C31H34N2O5. The number of ether oxygens (including phenoxy) is 1. The highest BCUT2D eigenvalue weighted by Crippen LogP contribution is 2.46. The molecule has 2 unspecified atom stereocenters. The summed E-state index contributed by atoms with van der Waals surface area (Å²) in [6, 6.07) is 25.1. The van der Waals surface area contributed by atoms with E-state index >= 15 is 0 Å². The van der Waals surface area contributed by atoms with Crippen molar-refractivity contribution in [2.75, 3.05) is 31.6 Å². The topological polar surface area (TPSA) is 90.3 Å². The number of rotatable bonds is 5. The number of likely N-dealkylation sites (tertiary alicyclic amines) is 1. The number of carboxylic acid groups (broad SMARTS) is 2. The van der Waals surface area contributed by atoms with Crippen LogP contribution in [0.1, 0.15) is 36.4 Å². The summed E-state index contributed by atoms with van der Waals surface area (Å²) >= 11 is 0. The second kappa shape index (κ2) is 11.0. The summed E-state index contributed by atoms with van der Waals surface area (Å²) in [5.74, 6) is -2.51. The van der Waals surface area contributed by atoms with Gasteiger partial charge in [-0.15, -0.1) is 0 Å². The highest BCUT2D eigenvalue weighted by molar-refractivity contribution is 5.91. The van der Waals surface area contributed by atoms with Crippen molar-refractivity contribution >= 4 is 28.4 Å². The van der Waals surface area contributed by atoms with Gasteiger partial charge in [-0.1, -0.05) is 54.6 Å². The molecule has 2 aliphatic heterocycles. The number of anilines is 1. The van der Waals surface area contributed by atoms with Crippen molar-refractivity contribution in [1.82, 2.24) is 4.90 Å². The molecule has 0 radical (unpaired) electrons. The Hall–Kier alpha value is -3.68. The molecule has 2 saturated heterocycles. The Morgan fingerprint density at radius 2 is 1.55 bits per heavy atom. The molecule has 0 amide bonds. The molecule has 3 aliphatic rings. The SMILES string of the molecule is COC1CCN(c2ccccc2)C12CCN(C1Cc3cccc4cccc1c34)CC2.O=C(O)C=CC(=O)O. The number of hydrogen-bond acceptors (Lipinski definition) is 5. The lowest BCUT2D eigenvalue weighted by molar-refractivity contribution is -0.134. The van der Waals surface area contributed by atoms with E-state index in [0.717, 1.165) is 32.5 Å². The molecule has 1 aliphatic carbocycles. The van der Waals surface area contributed by atoms with Crippen LogP contribution in [0.5, 0.6) is 0 Å². The molecular weight excluding hydrogens is 480 g/mol. The molecule has 2 N–H and O–H groups in total. The number of carbonyl (C=O) groups is 2. The van der Waals surface area contributed by atoms with Crippen LogP contribution in [0.3, 0.4) is 0 Å². The fraction of sp³-hybridized carbons (Fsp3) is 0.355. The Bertz CT molecular complexity index is 1310. The summed E-state index contributed by atoms with van der Waals surface area (Å²) < 4.78 is 6.05. The van der Waals surface area contributed by atoms with Gasteiger partial charge in [-0.2, -0.15) is 0 Å². The quantitative estimate of drug-likeness (QED) is 0.468. The summed E-state index contributed by atoms with van der Waals surface area (Å²) in [5.41, 5.74) is 4.54. The summed E-state index contributed by atoms with van der Waals surface area (Å²) in [6.07, 6.45) is 6.06. The van der Waals surface area contributed by atoms with Gasteiger partial charge in [0.1, 0.15) is 0 Å². The second-order valence-corrected chi connectivity index (χ2v) is 10.2. The molecule has 198 valence electrons. The monoisotopic (exact) mass is 514 g/mol. The van der Waals surface area contributed by atoms with Crippen LogP contribution in [0.2, 0.25) is 0 Å². The zero-order chi connectivity index (χ0) is 26.7. The first kappa shape index (κ1) is 25.9. The van der Waals surface area contributed by atoms with Crippen molar-refractivity contribution in [1.29, 1.82) is 0 Å². The van der Waals surface area contributed by atoms with E-state index in [9.17, 15) is 9.59 Å². The summed E-state index contributed by atoms with van der Waals surface area (Å²) in [7, 11) is 1.90. The second-order valence-electron chi connectivity index (χ2n) is 10.2. The molecule has 6 rings (SSSR count). The summed E-state index contributed by atoms with van der Waals surface area (Å²) in [6.45, 7) is 3.37. The Balaban J connectivity index is 0.000000323. The largest absolute Gasteiger partial charge is 0.478 e. The van der Waals surface area contributed by atoms with Gasteiger partial charge in [0.25, 0.3) is 0 Å². The van der Waals surface area contributed by atoms with Crippen LogP contribution in [0.15, 0.2) is 78.9 Å². The summed E-state index contributed by atoms with van der Waals surface area (Å²) in [4.78, 5) is 24.5. The van der Waals surface area contributed by atoms with Crippen LogP contribution in [0.25, 0.3) is 10.8 Å². The smallest absolute Gasteiger partial charge is 0.328 e. The van der Waals surface area contributed by atoms with Gasteiger partial charge in [-0.25, -0.2) is 9.59 Å². The van der Waals surface area contributed by atoms with Crippen LogP contribution in [-0.4, -0.2) is 65.4 Å². The lowest BCUT2D eigenvalue weighted by Crippen LogP contribution is -2.58. The van der Waals surface area contributed by atoms with Gasteiger partial charge in [-0.05, 0) is 59.7 Å². The van der Waals surface area contributed by atoms with Gasteiger partial charge in [-0.3, -0.25) is 4.90 Å². The lowest BCUT2D eigenvalue weighted by Gasteiger charge is -2.49. The number of methoxy groups -OCH3 is 1. The Morgan fingerprint density at radius 3 is 2.18 bits per heavy atom. The van der Waals surface area contributed by atoms with Crippen LogP contribution in [0, 0.1) is 0 Å². The molecule has 38 heavy (non-hydrogen) atoms. The van der Waals surface area contributed by atoms with Gasteiger partial charge in [0.05, 0.1) is 11.6 Å². The van der Waals surface area contributed by atoms with E-state index < -0.39 is 11.9 Å². The molecule has 2 atom stereocenters. The first-order valence-corrected chi connectivity index (χ1v) is 13.2. The van der Waals surface area contributed by atoms with Crippen molar-refractivity contribution in [3.05, 3.63) is 90.0 Å². The van der Waals surface area contributed by atoms with Crippen molar-refractivity contribution in [3.63, 3.8) is 0 Å². The third-order valence-corrected chi connectivity index (χ3v) is 8.37. The Kier molecular flexibility index (Phi) is 7.49. The van der Waals surface area contributed by atoms with Gasteiger partial charge < -0.3 is 19.8 Å². The minimum atomic E-state index is -1.26. The first-order valence-electron chi connectivity index (χ1n) is 13.2. The Labute approximate surface area is 222 Å². The van der Waals surface area contributed by atoms with Crippen LogP contribution in [0.4, 0.5) is 5.69 Å². The molecule has 3 aromatic carbocycles. The molecule has 0 aromatic heterocycles. The molecule has 2 heterocycles. The van der Waals surface area contributed by atoms with E-state index in [4.69, 9.17) is 14.9 Å². The van der Waals surface area contributed by atoms with E-state index in [1.807, 2.05) is 7.11 Å². The van der Waals surface area contributed by atoms with Crippen molar-refractivity contribution < 1.29 is 24.5 Å². The number of para-hydroxylation sites is 1. The Morgan fingerprint density at radius 1 is 0.895 bits per heavy atom. The molecule has 7 heteroatoms. The molecule has 0 bridgehead atoms. The van der Waals surface area contributed by atoms with E-state index in [1.54, 1.807) is 0 Å². The number of benzene rings is 3. The highest BCUT2D eigenvalue weighted by Gasteiger charge is 2.51. The number of nitrogens with zero attached hydrogens (tertiary/aromatic N) is 2. The molecule has 3 aromatic rings. The van der Waals surface area contributed by atoms with Crippen LogP contribution < -0.4 is 4.90 Å². The van der Waals surface area contributed by atoms with Crippen molar-refractivity contribution in [3.8, 4) is 0 Å². The molecule has 1 spiro atoms. The number of carboxylic acids is 2. The van der Waals surface area contributed by atoms with Gasteiger partial charge >= 0.3 is 11.9 Å². The van der Waals surface area contributed by atoms with E-state index in [0.29, 0.717) is 24.3 Å². The van der Waals surface area contributed by atoms with E-state index in [-0.39, 0.29) is 5.54 Å². The zero-order valence-corrected chi connectivity index (χ0v) is 21.6. The van der Waals surface area contributed by atoms with Crippen LogP contribution >= 0.6 is 0 Å². The predicted molar refractivity (Wildman–Crippen MR) is 148 cm³/mol. The maximum atomic E-state index is 9.55. The number of aliphatic carboxylic acids is 2. The van der Waals surface area contributed by atoms with Crippen LogP contribution in [-0.2, 0) is 20.7 Å². The standard InChI is InChI=1S/C27H30N2O.C4H4O4/c1-30-25-13-16-29(22-10-3-2-4-11-22)27(25)14-17-28(18-15-27)24-19-21-9-5-7-20-8-6-12-23(24)26(20)21;5-3(6)1-2-4(7)8/h2-12,24-25H,13-19H2,1H3;1-2H,(H,5,6)(H,7,8). The lowest BCUT2D eigenvalue weighted by atomic mass is 9.81. The maximum absolute atomic E-state index is 9.55. The van der Waals surface area contributed by atoms with E-state index in [1.165, 1.54) is 40.4 Å². The average molecular weight is 515 g/mol. The third-order valence-electron chi connectivity index (χ3n) is 8.37. The minimum absolute atomic E-state index is 0.129. The number of piperidine rings is 1. The van der Waals surface area contributed by atoms with Crippen molar-refractivity contribution in [2.45, 2.75) is 43.4 Å². The third kappa shape index (κ3) is 4.91. The molecule has 2 fully saturated rings. The minimum Gasteiger partial charge on any atom is -0.478 e. The maximum Gasteiger partial charge on any atom is 0.328 e. The fourth-order valence-electron chi connectivity index (χ4n) is 6.74. The zero-order valence-electron chi connectivity index (χ0n) is 21.6. The average Bonchev–Trinajstić information content (AvgIpc) is 3.49. The normalized spacial score (nSPS) is 22.1. The first-order chi connectivity index (χ1) is 18.4. The van der Waals surface area contributed by atoms with Gasteiger partial charge in [0.15, 0.2) is 0 Å². The fourth-order valence-corrected chi connectivity index (χ4v) is 6.74. The van der Waals surface area contributed by atoms with Gasteiger partial charge in [0.2, 0.25) is 0 Å². The number of hydrogen-bond donors (Lipinski definition) is 2. The van der Waals surface area contributed by atoms with Crippen molar-refractivity contribution in [2.24, 2.45) is 0 Å². The highest BCUT2D eigenvalue weighted by atomic mass is 16.5. The summed E-state index contributed by atoms with van der Waals surface area (Å²) in [5, 5.41) is 18.5. The molecule has 7 nitrogen and oxygen atoms in total. The van der Waals surface area contributed by atoms with E-state index in [2.05, 4.69) is 76.5 Å². The van der Waals surface area contributed by atoms with Gasteiger partial charge in [0, 0.05) is 50.6 Å².